The number of halogens is 2. The molecule has 2 saturated heterocycles. The van der Waals surface area contributed by atoms with E-state index in [0.717, 1.165) is 0 Å². The van der Waals surface area contributed by atoms with Gasteiger partial charge in [0, 0.05) is 13.5 Å². The van der Waals surface area contributed by atoms with Gasteiger partial charge < -0.3 is 9.80 Å². The van der Waals surface area contributed by atoms with Crippen LogP contribution in [0.1, 0.15) is 24.9 Å². The van der Waals surface area contributed by atoms with Gasteiger partial charge >= 0.3 is 0 Å². The van der Waals surface area contributed by atoms with Crippen molar-refractivity contribution in [2.24, 2.45) is 5.92 Å². The molecule has 2 fully saturated rings. The largest absolute Gasteiger partial charge is 0.331 e. The van der Waals surface area contributed by atoms with Crippen molar-refractivity contribution in [2.75, 3.05) is 7.05 Å². The molecule has 0 aliphatic carbocycles. The van der Waals surface area contributed by atoms with Gasteiger partial charge in [-0.25, -0.2) is 0 Å². The maximum Gasteiger partial charge on any atom is 0.259 e. The van der Waals surface area contributed by atoms with Crippen molar-refractivity contribution in [3.63, 3.8) is 0 Å². The number of fused-ring (bicyclic) bond motifs is 1. The molecule has 2 aliphatic rings. The number of nitriles is 1. The average molecular weight is 384 g/mol. The number of nitrogens with zero attached hydrogens (tertiary/aromatic N) is 3. The average Bonchev–Trinajstić information content (AvgIpc) is 2.87. The zero-order valence-corrected chi connectivity index (χ0v) is 15.4. The summed E-state index contributed by atoms with van der Waals surface area (Å²) in [6.07, 6.45) is 0.166. The van der Waals surface area contributed by atoms with E-state index in [4.69, 9.17) is 23.2 Å². The second kappa shape index (κ2) is 5.83. The van der Waals surface area contributed by atoms with E-state index in [1.54, 1.807) is 32.2 Å². The second-order valence-corrected chi connectivity index (χ2v) is 7.73. The third-order valence-corrected chi connectivity index (χ3v) is 6.18. The van der Waals surface area contributed by atoms with Gasteiger partial charge in [-0.15, -0.1) is 12.6 Å². The predicted molar refractivity (Wildman–Crippen MR) is 93.7 cm³/mol. The van der Waals surface area contributed by atoms with Gasteiger partial charge in [-0.3, -0.25) is 9.59 Å². The summed E-state index contributed by atoms with van der Waals surface area (Å²) in [5.74, 6) is -1.08. The number of rotatable bonds is 1. The third kappa shape index (κ3) is 2.30. The molecule has 0 aromatic heterocycles. The summed E-state index contributed by atoms with van der Waals surface area (Å²) in [5, 5.41) is 10.3. The van der Waals surface area contributed by atoms with Gasteiger partial charge in [0.25, 0.3) is 5.91 Å². The van der Waals surface area contributed by atoms with Crippen LogP contribution in [0.15, 0.2) is 18.2 Å². The van der Waals surface area contributed by atoms with Crippen LogP contribution in [0.3, 0.4) is 0 Å². The van der Waals surface area contributed by atoms with Crippen molar-refractivity contribution in [3.8, 4) is 6.07 Å². The Morgan fingerprint density at radius 2 is 2.00 bits per heavy atom. The fraction of sp³-hybridized carbons (Fsp3) is 0.438. The fourth-order valence-electron chi connectivity index (χ4n) is 3.46. The number of hydrogen-bond acceptors (Lipinski definition) is 4. The van der Waals surface area contributed by atoms with E-state index in [1.807, 2.05) is 0 Å². The highest BCUT2D eigenvalue weighted by atomic mass is 35.5. The maximum absolute atomic E-state index is 12.9. The lowest BCUT2D eigenvalue weighted by atomic mass is 9.94. The Balaban J connectivity index is 2.15. The Kier molecular flexibility index (Phi) is 4.23. The Hall–Kier alpha value is -1.42. The van der Waals surface area contributed by atoms with Crippen LogP contribution < -0.4 is 0 Å². The number of carbonyl (C=O) groups excluding carboxylic acids is 2. The highest BCUT2D eigenvalue weighted by molar-refractivity contribution is 7.82. The molecule has 3 rings (SSSR count). The van der Waals surface area contributed by atoms with E-state index >= 15 is 0 Å². The zero-order chi connectivity index (χ0) is 17.8. The number of likely N-dealkylation sites (N-methyl/N-ethyl adjacent to an activating group) is 1. The monoisotopic (exact) mass is 383 g/mol. The lowest BCUT2D eigenvalue weighted by Gasteiger charge is -2.46. The van der Waals surface area contributed by atoms with E-state index in [2.05, 4.69) is 18.7 Å². The van der Waals surface area contributed by atoms with Crippen molar-refractivity contribution in [3.05, 3.63) is 33.8 Å². The van der Waals surface area contributed by atoms with Crippen molar-refractivity contribution >= 4 is 47.6 Å². The molecule has 0 radical (unpaired) electrons. The van der Waals surface area contributed by atoms with Crippen molar-refractivity contribution in [1.29, 1.82) is 5.26 Å². The van der Waals surface area contributed by atoms with Gasteiger partial charge in [-0.05, 0) is 24.6 Å². The molecule has 0 bridgehead atoms. The van der Waals surface area contributed by atoms with Crippen LogP contribution in [0.25, 0.3) is 0 Å². The van der Waals surface area contributed by atoms with E-state index in [0.29, 0.717) is 15.6 Å². The minimum Gasteiger partial charge on any atom is -0.331 e. The molecule has 5 nitrogen and oxygen atoms in total. The fourth-order valence-corrected chi connectivity index (χ4v) is 4.34. The molecule has 4 unspecified atom stereocenters. The van der Waals surface area contributed by atoms with Gasteiger partial charge in [0.05, 0.1) is 28.1 Å². The standard InChI is InChI=1S/C16H15Cl2N3O2S/c1-8-14(22)21-13(9-3-4-11(17)12(18)5-9)10(7-19)6-16(21,24)15(23)20(8)2/h3-5,8,10,13,24H,6H2,1-2H3. The molecular formula is C16H15Cl2N3O2S. The van der Waals surface area contributed by atoms with Crippen molar-refractivity contribution in [2.45, 2.75) is 30.3 Å². The summed E-state index contributed by atoms with van der Waals surface area (Å²) in [6.45, 7) is 1.67. The van der Waals surface area contributed by atoms with Gasteiger partial charge in [0.15, 0.2) is 4.87 Å². The Bertz CT molecular complexity index is 781. The van der Waals surface area contributed by atoms with Crippen LogP contribution in [-0.2, 0) is 9.59 Å². The highest BCUT2D eigenvalue weighted by Crippen LogP contribution is 2.52. The van der Waals surface area contributed by atoms with Gasteiger partial charge in [-0.1, -0.05) is 29.3 Å². The summed E-state index contributed by atoms with van der Waals surface area (Å²) in [4.78, 5) is 27.1. The molecule has 0 spiro atoms. The minimum atomic E-state index is -1.32. The van der Waals surface area contributed by atoms with Gasteiger partial charge in [0.1, 0.15) is 6.04 Å². The first kappa shape index (κ1) is 17.4. The molecule has 1 aromatic carbocycles. The number of hydrogen-bond donors (Lipinski definition) is 1. The van der Waals surface area contributed by atoms with Crippen molar-refractivity contribution < 1.29 is 9.59 Å². The lowest BCUT2D eigenvalue weighted by Crippen LogP contribution is -2.65. The minimum absolute atomic E-state index is 0.166. The van der Waals surface area contributed by atoms with E-state index < -0.39 is 22.9 Å². The van der Waals surface area contributed by atoms with E-state index in [-0.39, 0.29) is 18.2 Å². The first-order valence-electron chi connectivity index (χ1n) is 7.39. The normalized spacial score (nSPS) is 32.8. The molecule has 1 aromatic rings. The quantitative estimate of drug-likeness (QED) is 0.758. The third-order valence-electron chi connectivity index (χ3n) is 4.85. The number of thiol groups is 1. The first-order valence-corrected chi connectivity index (χ1v) is 8.60. The Morgan fingerprint density at radius 3 is 2.58 bits per heavy atom. The van der Waals surface area contributed by atoms with Crippen LogP contribution in [0.4, 0.5) is 0 Å². The summed E-state index contributed by atoms with van der Waals surface area (Å²) in [5.41, 5.74) is 0.671. The van der Waals surface area contributed by atoms with Gasteiger partial charge in [-0.2, -0.15) is 5.26 Å². The molecule has 2 amide bonds. The van der Waals surface area contributed by atoms with E-state index in [1.165, 1.54) is 9.80 Å². The highest BCUT2D eigenvalue weighted by Gasteiger charge is 2.61. The number of amides is 2. The Morgan fingerprint density at radius 1 is 1.33 bits per heavy atom. The topological polar surface area (TPSA) is 64.4 Å². The number of carbonyl (C=O) groups is 2. The zero-order valence-electron chi connectivity index (χ0n) is 13.0. The molecule has 24 heavy (non-hydrogen) atoms. The second-order valence-electron chi connectivity index (χ2n) is 6.17. The lowest BCUT2D eigenvalue weighted by molar-refractivity contribution is -0.161. The summed E-state index contributed by atoms with van der Waals surface area (Å²) in [7, 11) is 1.58. The van der Waals surface area contributed by atoms with Crippen LogP contribution in [0.5, 0.6) is 0 Å². The summed E-state index contributed by atoms with van der Waals surface area (Å²) < 4.78 is 0. The van der Waals surface area contributed by atoms with Crippen molar-refractivity contribution in [1.82, 2.24) is 9.80 Å². The van der Waals surface area contributed by atoms with Crippen LogP contribution in [-0.4, -0.2) is 39.6 Å². The molecule has 4 atom stereocenters. The van der Waals surface area contributed by atoms with Gasteiger partial charge in [0.2, 0.25) is 5.91 Å². The molecule has 0 N–H and O–H groups in total. The molecule has 2 aliphatic heterocycles. The van der Waals surface area contributed by atoms with E-state index in [9.17, 15) is 14.9 Å². The molecule has 0 saturated carbocycles. The van der Waals surface area contributed by atoms with Crippen LogP contribution in [0, 0.1) is 17.2 Å². The molecular weight excluding hydrogens is 369 g/mol. The Labute approximate surface area is 155 Å². The predicted octanol–water partition coefficient (Wildman–Crippen LogP) is 2.89. The van der Waals surface area contributed by atoms with Crippen LogP contribution in [0.2, 0.25) is 10.0 Å². The summed E-state index contributed by atoms with van der Waals surface area (Å²) in [6, 6.07) is 6.00. The van der Waals surface area contributed by atoms with Crippen LogP contribution >= 0.6 is 35.8 Å². The molecule has 126 valence electrons. The first-order chi connectivity index (χ1) is 11.2. The SMILES string of the molecule is CC1C(=O)N2C(c3ccc(Cl)c(Cl)c3)C(C#N)CC2(S)C(=O)N1C. The smallest absolute Gasteiger partial charge is 0.259 e. The molecule has 2 heterocycles. The summed E-state index contributed by atoms with van der Waals surface area (Å²) >= 11 is 16.6. The number of benzene rings is 1. The number of piperazine rings is 1. The maximum atomic E-state index is 12.9. The molecule has 8 heteroatoms.